The fourth-order valence-electron chi connectivity index (χ4n) is 2.13. The van der Waals surface area contributed by atoms with E-state index in [1.807, 2.05) is 0 Å². The van der Waals surface area contributed by atoms with Crippen molar-refractivity contribution in [3.05, 3.63) is 45.3 Å². The van der Waals surface area contributed by atoms with E-state index in [1.165, 1.54) is 24.5 Å². The number of phenolic OH excluding ortho intramolecular Hbond substituents is 1. The molecular weight excluding hydrogens is 320 g/mol. The molecule has 5 nitrogen and oxygen atoms in total. The van der Waals surface area contributed by atoms with Gasteiger partial charge in [0.25, 0.3) is 0 Å². The molecule has 0 radical (unpaired) electrons. The third-order valence-electron chi connectivity index (χ3n) is 3.19. The first kappa shape index (κ1) is 14.8. The third-order valence-corrected chi connectivity index (χ3v) is 5.02. The van der Waals surface area contributed by atoms with E-state index in [2.05, 4.69) is 4.98 Å². The minimum absolute atomic E-state index is 0.0449. The number of aromatic hydroxyl groups is 1. The largest absolute Gasteiger partial charge is 0.504 e. The Labute approximate surface area is 135 Å². The predicted octanol–water partition coefficient (Wildman–Crippen LogP) is 3.28. The number of ketones is 1. The maximum absolute atomic E-state index is 12.5. The van der Waals surface area contributed by atoms with Crippen LogP contribution in [-0.2, 0) is 4.79 Å². The second-order valence-electron chi connectivity index (χ2n) is 4.57. The fourth-order valence-corrected chi connectivity index (χ4v) is 3.93. The summed E-state index contributed by atoms with van der Waals surface area (Å²) >= 11 is 2.53. The van der Waals surface area contributed by atoms with E-state index in [0.29, 0.717) is 15.7 Å². The Bertz CT molecular complexity index is 769. The Morgan fingerprint density at radius 1 is 1.45 bits per heavy atom. The molecule has 1 aromatic heterocycles. The normalized spacial score (nSPS) is 19.9. The first-order valence-corrected chi connectivity index (χ1v) is 8.08. The molecule has 0 amide bonds. The summed E-state index contributed by atoms with van der Waals surface area (Å²) in [6, 6.07) is 4.86. The number of aromatic nitrogens is 1. The van der Waals surface area contributed by atoms with Crippen molar-refractivity contribution in [2.45, 2.75) is 5.92 Å². The predicted molar refractivity (Wildman–Crippen MR) is 87.8 cm³/mol. The Morgan fingerprint density at radius 2 is 2.27 bits per heavy atom. The van der Waals surface area contributed by atoms with Gasteiger partial charge in [-0.1, -0.05) is 17.8 Å². The summed E-state index contributed by atoms with van der Waals surface area (Å²) in [6.45, 7) is 0. The van der Waals surface area contributed by atoms with Crippen LogP contribution in [0.15, 0.2) is 34.7 Å². The van der Waals surface area contributed by atoms with Crippen LogP contribution in [0.1, 0.15) is 16.5 Å². The number of rotatable bonds is 3. The van der Waals surface area contributed by atoms with Gasteiger partial charge in [-0.3, -0.25) is 10.2 Å². The standard InChI is InChI=1S/C15H12N2O3S2/c1-20-10-6-8(2-3-9(10)18)7-11-13(19)12(14(16)22-11)15-17-4-5-21-15/h2-7,12,16,18H,1H3. The number of allylic oxidation sites excluding steroid dienone is 1. The molecule has 1 aliphatic heterocycles. The summed E-state index contributed by atoms with van der Waals surface area (Å²) in [5.41, 5.74) is 0.734. The molecule has 0 bridgehead atoms. The van der Waals surface area contributed by atoms with Crippen LogP contribution in [0.4, 0.5) is 0 Å². The molecule has 1 atom stereocenters. The highest BCUT2D eigenvalue weighted by Crippen LogP contribution is 2.41. The number of hydrogen-bond acceptors (Lipinski definition) is 7. The number of ether oxygens (including phenoxy) is 1. The summed E-state index contributed by atoms with van der Waals surface area (Å²) in [5, 5.41) is 20.4. The summed E-state index contributed by atoms with van der Waals surface area (Å²) in [7, 11) is 1.47. The van der Waals surface area contributed by atoms with Gasteiger partial charge >= 0.3 is 0 Å². The number of nitrogens with zero attached hydrogens (tertiary/aromatic N) is 1. The van der Waals surface area contributed by atoms with Crippen molar-refractivity contribution in [3.63, 3.8) is 0 Å². The Balaban J connectivity index is 1.93. The molecule has 0 spiro atoms. The van der Waals surface area contributed by atoms with E-state index in [9.17, 15) is 9.90 Å². The number of thioether (sulfide) groups is 1. The third kappa shape index (κ3) is 2.65. The van der Waals surface area contributed by atoms with Gasteiger partial charge in [-0.15, -0.1) is 11.3 Å². The van der Waals surface area contributed by atoms with Gasteiger partial charge in [0.05, 0.1) is 17.1 Å². The molecule has 2 heterocycles. The number of hydrogen-bond donors (Lipinski definition) is 2. The first-order valence-electron chi connectivity index (χ1n) is 6.38. The summed E-state index contributed by atoms with van der Waals surface area (Å²) in [4.78, 5) is 17.1. The van der Waals surface area contributed by atoms with E-state index < -0.39 is 5.92 Å². The molecule has 1 fully saturated rings. The minimum atomic E-state index is -0.588. The molecule has 2 aromatic rings. The van der Waals surface area contributed by atoms with Gasteiger partial charge in [0.2, 0.25) is 0 Å². The van der Waals surface area contributed by atoms with Crippen molar-refractivity contribution in [2.75, 3.05) is 7.11 Å². The van der Waals surface area contributed by atoms with E-state index in [1.54, 1.807) is 29.8 Å². The van der Waals surface area contributed by atoms with Crippen LogP contribution >= 0.6 is 23.1 Å². The van der Waals surface area contributed by atoms with Crippen molar-refractivity contribution in [1.82, 2.24) is 4.98 Å². The van der Waals surface area contributed by atoms with Gasteiger partial charge in [0.1, 0.15) is 10.9 Å². The molecule has 0 aliphatic carbocycles. The molecule has 0 saturated carbocycles. The average Bonchev–Trinajstić information content (AvgIpc) is 3.10. The number of Topliss-reactive ketones (excluding diaryl/α,β-unsaturated/α-hetero) is 1. The van der Waals surface area contributed by atoms with Gasteiger partial charge in [-0.05, 0) is 23.8 Å². The van der Waals surface area contributed by atoms with Crippen LogP contribution in [0.3, 0.4) is 0 Å². The Morgan fingerprint density at radius 3 is 2.95 bits per heavy atom. The fraction of sp³-hybridized carbons (Fsp3) is 0.133. The maximum Gasteiger partial charge on any atom is 0.186 e. The number of thiazole rings is 1. The van der Waals surface area contributed by atoms with Gasteiger partial charge in [-0.25, -0.2) is 4.98 Å². The molecule has 112 valence electrons. The molecule has 3 rings (SSSR count). The smallest absolute Gasteiger partial charge is 0.186 e. The van der Waals surface area contributed by atoms with Crippen LogP contribution in [0, 0.1) is 5.41 Å². The SMILES string of the molecule is COc1cc(C=C2SC(=N)C(c3nccs3)C2=O)ccc1O. The first-order chi connectivity index (χ1) is 10.6. The number of carbonyl (C=O) groups is 1. The number of carbonyl (C=O) groups excluding carboxylic acids is 1. The second-order valence-corrected chi connectivity index (χ2v) is 6.58. The molecule has 7 heteroatoms. The summed E-state index contributed by atoms with van der Waals surface area (Å²) in [5.74, 6) is -0.313. The summed E-state index contributed by atoms with van der Waals surface area (Å²) in [6.07, 6.45) is 3.34. The minimum Gasteiger partial charge on any atom is -0.504 e. The van der Waals surface area contributed by atoms with Gasteiger partial charge in [0, 0.05) is 11.6 Å². The molecule has 1 unspecified atom stereocenters. The van der Waals surface area contributed by atoms with E-state index in [0.717, 1.165) is 17.3 Å². The zero-order valence-corrected chi connectivity index (χ0v) is 13.2. The zero-order chi connectivity index (χ0) is 15.7. The van der Waals surface area contributed by atoms with E-state index >= 15 is 0 Å². The second kappa shape index (κ2) is 5.94. The van der Waals surface area contributed by atoms with Gasteiger partial charge in [0.15, 0.2) is 17.3 Å². The van der Waals surface area contributed by atoms with Crippen LogP contribution in [0.2, 0.25) is 0 Å². The topological polar surface area (TPSA) is 83.3 Å². The quantitative estimate of drug-likeness (QED) is 0.843. The highest BCUT2D eigenvalue weighted by molar-refractivity contribution is 8.19. The van der Waals surface area contributed by atoms with Crippen molar-refractivity contribution in [3.8, 4) is 11.5 Å². The van der Waals surface area contributed by atoms with Crippen molar-refractivity contribution in [1.29, 1.82) is 5.41 Å². The maximum atomic E-state index is 12.5. The number of nitrogens with one attached hydrogen (secondary N) is 1. The highest BCUT2D eigenvalue weighted by atomic mass is 32.2. The van der Waals surface area contributed by atoms with Crippen molar-refractivity contribution in [2.24, 2.45) is 0 Å². The van der Waals surface area contributed by atoms with Crippen molar-refractivity contribution >= 4 is 40.0 Å². The van der Waals surface area contributed by atoms with Gasteiger partial charge in [-0.2, -0.15) is 0 Å². The Kier molecular flexibility index (Phi) is 4.00. The van der Waals surface area contributed by atoms with E-state index in [4.69, 9.17) is 10.1 Å². The molecule has 2 N–H and O–H groups in total. The highest BCUT2D eigenvalue weighted by Gasteiger charge is 2.38. The lowest BCUT2D eigenvalue weighted by molar-refractivity contribution is -0.114. The average molecular weight is 332 g/mol. The molecule has 22 heavy (non-hydrogen) atoms. The molecule has 1 aromatic carbocycles. The molecule has 1 saturated heterocycles. The lowest BCUT2D eigenvalue weighted by atomic mass is 10.0. The van der Waals surface area contributed by atoms with Crippen LogP contribution in [0.5, 0.6) is 11.5 Å². The zero-order valence-electron chi connectivity index (χ0n) is 11.6. The summed E-state index contributed by atoms with van der Waals surface area (Å²) < 4.78 is 5.06. The lowest BCUT2D eigenvalue weighted by Gasteiger charge is -2.04. The van der Waals surface area contributed by atoms with Crippen LogP contribution in [0.25, 0.3) is 6.08 Å². The number of phenols is 1. The lowest BCUT2D eigenvalue weighted by Crippen LogP contribution is -2.11. The monoisotopic (exact) mass is 332 g/mol. The van der Waals surface area contributed by atoms with Gasteiger partial charge < -0.3 is 9.84 Å². The van der Waals surface area contributed by atoms with Crippen LogP contribution < -0.4 is 4.74 Å². The molecule has 1 aliphatic rings. The Hall–Kier alpha value is -2.12. The number of methoxy groups -OCH3 is 1. The number of benzene rings is 1. The van der Waals surface area contributed by atoms with Crippen molar-refractivity contribution < 1.29 is 14.6 Å². The molecular formula is C15H12N2O3S2. The van der Waals surface area contributed by atoms with Crippen LogP contribution in [-0.4, -0.2) is 28.0 Å². The van der Waals surface area contributed by atoms with E-state index in [-0.39, 0.29) is 16.6 Å².